The summed E-state index contributed by atoms with van der Waals surface area (Å²) in [5.41, 5.74) is 3.79. The number of hydrogen-bond acceptors (Lipinski definition) is 6. The van der Waals surface area contributed by atoms with Crippen molar-refractivity contribution in [2.75, 3.05) is 13.1 Å². The zero-order valence-electron chi connectivity index (χ0n) is 34.2. The number of aromatic amines is 2. The summed E-state index contributed by atoms with van der Waals surface area (Å²) in [5.74, 6) is -1.94. The van der Waals surface area contributed by atoms with Crippen LogP contribution in [0.4, 0.5) is 18.4 Å². The molecule has 300 valence electrons. The molecule has 3 heterocycles. The maximum Gasteiger partial charge on any atom is 0.410 e. The second-order valence-electron chi connectivity index (χ2n) is 18.4. The van der Waals surface area contributed by atoms with E-state index < -0.39 is 23.2 Å². The van der Waals surface area contributed by atoms with Gasteiger partial charge in [0.15, 0.2) is 0 Å². The molecule has 1 spiro atoms. The Morgan fingerprint density at radius 1 is 0.895 bits per heavy atom. The van der Waals surface area contributed by atoms with Gasteiger partial charge in [-0.3, -0.25) is 9.80 Å². The van der Waals surface area contributed by atoms with Crippen LogP contribution >= 0.6 is 0 Å². The number of hydrogen-bond donors (Lipinski definition) is 2. The summed E-state index contributed by atoms with van der Waals surface area (Å²) >= 11 is 0. The minimum absolute atomic E-state index is 0.0330. The zero-order valence-corrected chi connectivity index (χ0v) is 34.2. The number of alkyl halides is 2. The predicted octanol–water partition coefficient (Wildman–Crippen LogP) is 11.2. The first-order chi connectivity index (χ1) is 26.8. The van der Waals surface area contributed by atoms with E-state index in [4.69, 9.17) is 14.5 Å². The van der Waals surface area contributed by atoms with Gasteiger partial charge in [0.2, 0.25) is 0 Å². The van der Waals surface area contributed by atoms with Crippen molar-refractivity contribution in [2.45, 2.75) is 111 Å². The summed E-state index contributed by atoms with van der Waals surface area (Å²) < 4.78 is 44.4. The molecule has 0 radical (unpaired) electrons. The molecule has 0 unspecified atom stereocenters. The van der Waals surface area contributed by atoms with E-state index in [0.717, 1.165) is 30.3 Å². The number of H-pyrrole nitrogens is 2. The third kappa shape index (κ3) is 7.16. The van der Waals surface area contributed by atoms with Crippen LogP contribution in [0, 0.1) is 11.3 Å². The van der Waals surface area contributed by atoms with Gasteiger partial charge in [-0.1, -0.05) is 44.2 Å². The van der Waals surface area contributed by atoms with Crippen molar-refractivity contribution in [3.8, 4) is 33.5 Å². The number of likely N-dealkylation sites (tertiary alicyclic amines) is 1. The Morgan fingerprint density at radius 3 is 2.12 bits per heavy atom. The van der Waals surface area contributed by atoms with Crippen LogP contribution in [0.25, 0.3) is 44.5 Å². The Kier molecular flexibility index (Phi) is 9.09. The summed E-state index contributed by atoms with van der Waals surface area (Å²) in [4.78, 5) is 46.2. The summed E-state index contributed by atoms with van der Waals surface area (Å²) in [6.45, 7) is 18.1. The molecule has 1 saturated heterocycles. The van der Waals surface area contributed by atoms with Crippen molar-refractivity contribution >= 4 is 23.2 Å². The molecule has 1 saturated carbocycles. The van der Waals surface area contributed by atoms with Crippen molar-refractivity contribution in [2.24, 2.45) is 11.3 Å². The number of nitrogens with one attached hydrogen (secondary N) is 2. The number of nitrogens with zero attached hydrogens (tertiary/aromatic N) is 4. The van der Waals surface area contributed by atoms with Crippen LogP contribution < -0.4 is 0 Å². The Morgan fingerprint density at radius 2 is 1.51 bits per heavy atom. The number of fused-ring (bicyclic) bond motifs is 4. The van der Waals surface area contributed by atoms with Crippen molar-refractivity contribution in [3.05, 3.63) is 83.6 Å². The fourth-order valence-corrected chi connectivity index (χ4v) is 8.51. The van der Waals surface area contributed by atoms with Crippen LogP contribution in [0.1, 0.15) is 116 Å². The van der Waals surface area contributed by atoms with Crippen molar-refractivity contribution < 1.29 is 27.8 Å². The Bertz CT molecular complexity index is 2380. The summed E-state index contributed by atoms with van der Waals surface area (Å²) in [7, 11) is 0. The van der Waals surface area contributed by atoms with Gasteiger partial charge in [0, 0.05) is 29.8 Å². The first-order valence-electron chi connectivity index (χ1n) is 20.0. The molecule has 2 aromatic heterocycles. The molecule has 57 heavy (non-hydrogen) atoms. The normalized spacial score (nSPS) is 18.5. The lowest BCUT2D eigenvalue weighted by atomic mass is 9.98. The third-order valence-corrected chi connectivity index (χ3v) is 11.4. The monoisotopic (exact) mass is 778 g/mol. The number of carbonyl (C=O) groups is 2. The molecule has 2 aliphatic carbocycles. The number of imidazole rings is 2. The average molecular weight is 779 g/mol. The van der Waals surface area contributed by atoms with Gasteiger partial charge in [-0.05, 0) is 126 Å². The molecular weight excluding hydrogens is 727 g/mol. The SMILES string of the molecule is CCN(C(=O)OC(C)(C)C)[C@H](c1nc2ccc(-c3ccc4c(c3)C(F)(F)c3cc(-c5cnc([C@@H]6CC7(CC7)CN6C(=O)OC(C)(C)C)[nH]5)ccc3-4)cc2[nH]1)C(C)C. The Hall–Kier alpha value is -5.26. The molecule has 12 heteroatoms. The fourth-order valence-electron chi connectivity index (χ4n) is 8.51. The maximum atomic E-state index is 16.5. The summed E-state index contributed by atoms with van der Waals surface area (Å²) in [6, 6.07) is 15.4. The molecule has 2 fully saturated rings. The Balaban J connectivity index is 1.05. The molecule has 2 N–H and O–H groups in total. The molecule has 0 bridgehead atoms. The van der Waals surface area contributed by atoms with Crippen LogP contribution in [0.2, 0.25) is 0 Å². The quantitative estimate of drug-likeness (QED) is 0.170. The lowest BCUT2D eigenvalue weighted by Gasteiger charge is -2.33. The highest BCUT2D eigenvalue weighted by Gasteiger charge is 2.55. The molecule has 2 atom stereocenters. The molecule has 8 rings (SSSR count). The number of halogens is 2. The molecule has 3 aromatic carbocycles. The predicted molar refractivity (Wildman–Crippen MR) is 216 cm³/mol. The third-order valence-electron chi connectivity index (χ3n) is 11.4. The number of carbonyl (C=O) groups excluding carboxylic acids is 2. The number of aromatic nitrogens is 4. The van der Waals surface area contributed by atoms with E-state index in [1.807, 2.05) is 92.6 Å². The van der Waals surface area contributed by atoms with Crippen molar-refractivity contribution in [1.29, 1.82) is 0 Å². The highest BCUT2D eigenvalue weighted by Crippen LogP contribution is 2.58. The standard InChI is InChI=1S/C45H52F2N6O4/c1-10-52(40(54)56-42(4,5)6)37(25(2)3)39-49-33-16-13-27(21-34(33)50-39)26-11-14-29-30-15-12-28(20-32(30)45(46,47)31(29)19-26)35-23-48-38(51-35)36-22-44(17-18-44)24-53(36)41(55)57-43(7,8)9/h11-16,19-21,23,25,36-37H,10,17-18,22,24H2,1-9H3,(H,48,51)(H,49,50)/t36-,37-/m0/s1. The van der Waals surface area contributed by atoms with E-state index in [9.17, 15) is 9.59 Å². The second kappa shape index (κ2) is 13.4. The van der Waals surface area contributed by atoms with Crippen molar-refractivity contribution in [3.63, 3.8) is 0 Å². The summed E-state index contributed by atoms with van der Waals surface area (Å²) in [5, 5.41) is 0. The van der Waals surface area contributed by atoms with Crippen LogP contribution in [0.3, 0.4) is 0 Å². The lowest BCUT2D eigenvalue weighted by molar-refractivity contribution is 0.0110. The van der Waals surface area contributed by atoms with Gasteiger partial charge in [0.1, 0.15) is 22.9 Å². The smallest absolute Gasteiger partial charge is 0.410 e. The number of benzene rings is 3. The molecule has 10 nitrogen and oxygen atoms in total. The molecule has 3 aliphatic rings. The number of ether oxygens (including phenoxy) is 2. The summed E-state index contributed by atoms with van der Waals surface area (Å²) in [6.07, 6.45) is 3.80. The number of amides is 2. The van der Waals surface area contributed by atoms with Crippen LogP contribution in [0.15, 0.2) is 60.8 Å². The van der Waals surface area contributed by atoms with Gasteiger partial charge in [-0.2, -0.15) is 8.78 Å². The van der Waals surface area contributed by atoms with Gasteiger partial charge < -0.3 is 19.4 Å². The van der Waals surface area contributed by atoms with Crippen LogP contribution in [-0.2, 0) is 15.4 Å². The van der Waals surface area contributed by atoms with Gasteiger partial charge in [-0.15, -0.1) is 0 Å². The van der Waals surface area contributed by atoms with E-state index >= 15 is 8.78 Å². The Labute approximate surface area is 332 Å². The second-order valence-corrected chi connectivity index (χ2v) is 18.4. The van der Waals surface area contributed by atoms with Gasteiger partial charge in [0.25, 0.3) is 5.92 Å². The molecule has 5 aromatic rings. The van der Waals surface area contributed by atoms with Gasteiger partial charge in [-0.25, -0.2) is 19.6 Å². The maximum absolute atomic E-state index is 16.5. The van der Waals surface area contributed by atoms with Gasteiger partial charge >= 0.3 is 12.2 Å². The van der Waals surface area contributed by atoms with E-state index in [-0.39, 0.29) is 40.6 Å². The molecule has 1 aliphatic heterocycles. The van der Waals surface area contributed by atoms with Crippen LogP contribution in [-0.4, -0.2) is 66.2 Å². The molecule has 2 amide bonds. The fraction of sp³-hybridized carbons (Fsp3) is 0.467. The van der Waals surface area contributed by atoms with E-state index in [2.05, 4.69) is 15.0 Å². The minimum atomic E-state index is -3.24. The van der Waals surface area contributed by atoms with E-state index in [1.54, 1.807) is 40.3 Å². The largest absolute Gasteiger partial charge is 0.444 e. The van der Waals surface area contributed by atoms with E-state index in [1.165, 1.54) is 0 Å². The van der Waals surface area contributed by atoms with E-state index in [0.29, 0.717) is 58.2 Å². The minimum Gasteiger partial charge on any atom is -0.444 e. The zero-order chi connectivity index (χ0) is 40.8. The highest BCUT2D eigenvalue weighted by molar-refractivity contribution is 5.87. The first kappa shape index (κ1) is 38.6. The van der Waals surface area contributed by atoms with Gasteiger partial charge in [0.05, 0.1) is 35.0 Å². The lowest BCUT2D eigenvalue weighted by Crippen LogP contribution is -2.41. The number of rotatable bonds is 7. The average Bonchev–Trinajstić information content (AvgIpc) is 3.46. The highest BCUT2D eigenvalue weighted by atomic mass is 19.3. The first-order valence-corrected chi connectivity index (χ1v) is 20.0. The topological polar surface area (TPSA) is 116 Å². The van der Waals surface area contributed by atoms with Crippen LogP contribution in [0.5, 0.6) is 0 Å². The van der Waals surface area contributed by atoms with Crippen molar-refractivity contribution in [1.82, 2.24) is 29.7 Å². The molecular formula is C45H52F2N6O4.